The van der Waals surface area contributed by atoms with Gasteiger partial charge in [0.05, 0.1) is 11.1 Å². The van der Waals surface area contributed by atoms with E-state index in [0.29, 0.717) is 33.7 Å². The summed E-state index contributed by atoms with van der Waals surface area (Å²) in [6.07, 6.45) is 0. The van der Waals surface area contributed by atoms with Crippen LogP contribution in [0.5, 0.6) is 0 Å². The van der Waals surface area contributed by atoms with Crippen molar-refractivity contribution in [1.82, 2.24) is 4.98 Å². The number of hydrogen-bond donors (Lipinski definition) is 1. The molecule has 142 valence electrons. The quantitative estimate of drug-likeness (QED) is 0.409. The number of carbonyl (C=O) groups is 1. The number of nitrogens with zero attached hydrogens (tertiary/aromatic N) is 2. The standard InChI is InChI=1S/C23H15BrN2O3/c1-12-15(8-5-9-19(12)24)22-26-20-13(2)18(10-14(11-25)21(20)29-22)16-6-3-4-7-17(16)23(27)28/h3-10H,1-2H3,(H,27,28). The Bertz CT molecular complexity index is 1330. The Labute approximate surface area is 175 Å². The molecule has 1 N–H and O–H groups in total. The zero-order chi connectivity index (χ0) is 20.7. The predicted molar refractivity (Wildman–Crippen MR) is 114 cm³/mol. The van der Waals surface area contributed by atoms with E-state index in [1.54, 1.807) is 30.3 Å². The van der Waals surface area contributed by atoms with Crippen molar-refractivity contribution in [1.29, 1.82) is 5.26 Å². The average Bonchev–Trinajstić information content (AvgIpc) is 3.16. The van der Waals surface area contributed by atoms with E-state index in [4.69, 9.17) is 4.42 Å². The molecule has 0 fully saturated rings. The SMILES string of the molecule is Cc1c(Br)cccc1-c1nc2c(C)c(-c3ccccc3C(=O)O)cc(C#N)c2o1. The Balaban J connectivity index is 2.02. The van der Waals surface area contributed by atoms with E-state index in [9.17, 15) is 15.2 Å². The smallest absolute Gasteiger partial charge is 0.336 e. The summed E-state index contributed by atoms with van der Waals surface area (Å²) in [6, 6.07) is 16.3. The third kappa shape index (κ3) is 3.10. The molecule has 5 nitrogen and oxygen atoms in total. The third-order valence-corrected chi connectivity index (χ3v) is 5.84. The maximum Gasteiger partial charge on any atom is 0.336 e. The van der Waals surface area contributed by atoms with Crippen molar-refractivity contribution in [2.45, 2.75) is 13.8 Å². The molecule has 3 aromatic carbocycles. The first-order valence-corrected chi connectivity index (χ1v) is 9.64. The summed E-state index contributed by atoms with van der Waals surface area (Å²) < 4.78 is 6.93. The van der Waals surface area contributed by atoms with Crippen LogP contribution in [0.2, 0.25) is 0 Å². The van der Waals surface area contributed by atoms with Crippen LogP contribution in [0.1, 0.15) is 27.0 Å². The third-order valence-electron chi connectivity index (χ3n) is 4.99. The molecule has 4 rings (SSSR count). The van der Waals surface area contributed by atoms with Crippen LogP contribution in [-0.2, 0) is 0 Å². The van der Waals surface area contributed by atoms with Gasteiger partial charge in [0.1, 0.15) is 11.6 Å². The Hall–Kier alpha value is -3.43. The summed E-state index contributed by atoms with van der Waals surface area (Å²) in [5, 5.41) is 19.3. The highest BCUT2D eigenvalue weighted by molar-refractivity contribution is 9.10. The summed E-state index contributed by atoms with van der Waals surface area (Å²) >= 11 is 3.52. The first kappa shape index (κ1) is 18.9. The maximum atomic E-state index is 11.7. The lowest BCUT2D eigenvalue weighted by Crippen LogP contribution is -2.00. The van der Waals surface area contributed by atoms with Gasteiger partial charge in [0.15, 0.2) is 5.58 Å². The predicted octanol–water partition coefficient (Wildman–Crippen LogP) is 6.11. The summed E-state index contributed by atoms with van der Waals surface area (Å²) in [5.41, 5.74) is 5.19. The largest absolute Gasteiger partial charge is 0.478 e. The summed E-state index contributed by atoms with van der Waals surface area (Å²) in [7, 11) is 0. The fourth-order valence-corrected chi connectivity index (χ4v) is 3.79. The lowest BCUT2D eigenvalue weighted by molar-refractivity contribution is 0.0697. The lowest BCUT2D eigenvalue weighted by Gasteiger charge is -2.10. The molecule has 0 aliphatic carbocycles. The van der Waals surface area contributed by atoms with Crippen LogP contribution in [0, 0.1) is 25.2 Å². The minimum atomic E-state index is -1.02. The van der Waals surface area contributed by atoms with Crippen LogP contribution >= 0.6 is 15.9 Å². The fraction of sp³-hybridized carbons (Fsp3) is 0.0870. The molecular formula is C23H15BrN2O3. The highest BCUT2D eigenvalue weighted by Gasteiger charge is 2.21. The van der Waals surface area contributed by atoms with Gasteiger partial charge in [0.2, 0.25) is 5.89 Å². The molecule has 0 atom stereocenters. The summed E-state index contributed by atoms with van der Waals surface area (Å²) in [5.74, 6) is -0.605. The van der Waals surface area contributed by atoms with E-state index in [-0.39, 0.29) is 5.56 Å². The van der Waals surface area contributed by atoms with Gasteiger partial charge in [-0.3, -0.25) is 0 Å². The number of benzene rings is 3. The first-order valence-electron chi connectivity index (χ1n) is 8.84. The Kier molecular flexibility index (Phi) is 4.69. The van der Waals surface area contributed by atoms with E-state index < -0.39 is 5.97 Å². The van der Waals surface area contributed by atoms with Gasteiger partial charge in [-0.2, -0.15) is 5.26 Å². The van der Waals surface area contributed by atoms with Crippen LogP contribution < -0.4 is 0 Å². The van der Waals surface area contributed by atoms with Gasteiger partial charge in [-0.15, -0.1) is 0 Å². The van der Waals surface area contributed by atoms with E-state index in [1.807, 2.05) is 32.0 Å². The van der Waals surface area contributed by atoms with Crippen molar-refractivity contribution in [2.75, 3.05) is 0 Å². The van der Waals surface area contributed by atoms with E-state index in [0.717, 1.165) is 21.2 Å². The second-order valence-electron chi connectivity index (χ2n) is 6.67. The minimum Gasteiger partial charge on any atom is -0.478 e. The number of halogens is 1. The van der Waals surface area contributed by atoms with Crippen molar-refractivity contribution in [2.24, 2.45) is 0 Å². The van der Waals surface area contributed by atoms with Gasteiger partial charge in [-0.05, 0) is 60.4 Å². The van der Waals surface area contributed by atoms with E-state index in [1.165, 1.54) is 0 Å². The molecule has 0 amide bonds. The number of aromatic carboxylic acids is 1. The Morgan fingerprint density at radius 3 is 2.52 bits per heavy atom. The van der Waals surface area contributed by atoms with Gasteiger partial charge in [-0.25, -0.2) is 9.78 Å². The van der Waals surface area contributed by atoms with Crippen molar-refractivity contribution >= 4 is 33.0 Å². The van der Waals surface area contributed by atoms with Gasteiger partial charge < -0.3 is 9.52 Å². The molecule has 0 aliphatic rings. The van der Waals surface area contributed by atoms with Crippen LogP contribution in [0.25, 0.3) is 33.7 Å². The van der Waals surface area contributed by atoms with Gasteiger partial charge in [0.25, 0.3) is 0 Å². The van der Waals surface area contributed by atoms with Gasteiger partial charge >= 0.3 is 5.97 Å². The molecule has 0 unspecified atom stereocenters. The maximum absolute atomic E-state index is 11.7. The van der Waals surface area contributed by atoms with Gasteiger partial charge in [0, 0.05) is 10.0 Å². The lowest BCUT2D eigenvalue weighted by atomic mass is 9.93. The molecule has 0 saturated carbocycles. The van der Waals surface area contributed by atoms with Gasteiger partial charge in [-0.1, -0.05) is 40.2 Å². The summed E-state index contributed by atoms with van der Waals surface area (Å²) in [4.78, 5) is 16.3. The molecule has 0 aliphatic heterocycles. The number of carboxylic acid groups (broad SMARTS) is 1. The highest BCUT2D eigenvalue weighted by atomic mass is 79.9. The highest BCUT2D eigenvalue weighted by Crippen LogP contribution is 2.37. The topological polar surface area (TPSA) is 87.1 Å². The van der Waals surface area contributed by atoms with E-state index >= 15 is 0 Å². The zero-order valence-corrected chi connectivity index (χ0v) is 17.2. The molecule has 0 spiro atoms. The Morgan fingerprint density at radius 2 is 1.79 bits per heavy atom. The van der Waals surface area contributed by atoms with E-state index in [2.05, 4.69) is 27.0 Å². The molecule has 1 heterocycles. The van der Waals surface area contributed by atoms with Crippen molar-refractivity contribution in [3.8, 4) is 28.7 Å². The van der Waals surface area contributed by atoms with Crippen molar-refractivity contribution in [3.05, 3.63) is 75.3 Å². The molecule has 1 aromatic heterocycles. The number of rotatable bonds is 3. The molecule has 6 heteroatoms. The second-order valence-corrected chi connectivity index (χ2v) is 7.52. The second kappa shape index (κ2) is 7.19. The van der Waals surface area contributed by atoms with Crippen LogP contribution in [-0.4, -0.2) is 16.1 Å². The number of hydrogen-bond acceptors (Lipinski definition) is 4. The number of aromatic nitrogens is 1. The number of oxazole rings is 1. The minimum absolute atomic E-state index is 0.172. The Morgan fingerprint density at radius 1 is 1.07 bits per heavy atom. The van der Waals surface area contributed by atoms with Crippen molar-refractivity contribution in [3.63, 3.8) is 0 Å². The van der Waals surface area contributed by atoms with Crippen LogP contribution in [0.15, 0.2) is 57.4 Å². The molecule has 0 bridgehead atoms. The zero-order valence-electron chi connectivity index (χ0n) is 15.7. The number of nitriles is 1. The molecule has 0 radical (unpaired) electrons. The number of carboxylic acids is 1. The first-order chi connectivity index (χ1) is 13.9. The van der Waals surface area contributed by atoms with Crippen molar-refractivity contribution < 1.29 is 14.3 Å². The number of aryl methyl sites for hydroxylation is 1. The molecule has 29 heavy (non-hydrogen) atoms. The molecular weight excluding hydrogens is 432 g/mol. The summed E-state index contributed by atoms with van der Waals surface area (Å²) in [6.45, 7) is 3.82. The fourth-order valence-electron chi connectivity index (χ4n) is 3.42. The average molecular weight is 447 g/mol. The number of fused-ring (bicyclic) bond motifs is 1. The van der Waals surface area contributed by atoms with Crippen LogP contribution in [0.3, 0.4) is 0 Å². The van der Waals surface area contributed by atoms with Crippen LogP contribution in [0.4, 0.5) is 0 Å². The monoisotopic (exact) mass is 446 g/mol. The molecule has 4 aromatic rings. The molecule has 0 saturated heterocycles. The normalized spacial score (nSPS) is 10.8.